The molecule has 0 radical (unpaired) electrons. The van der Waals surface area contributed by atoms with Gasteiger partial charge in [-0.05, 0) is 42.3 Å². The van der Waals surface area contributed by atoms with Crippen molar-refractivity contribution < 1.29 is 23.1 Å². The lowest BCUT2D eigenvalue weighted by Crippen LogP contribution is -2.37. The number of carbonyl (C=O) groups excluding carboxylic acids is 1. The van der Waals surface area contributed by atoms with Crippen molar-refractivity contribution in [2.24, 2.45) is 0 Å². The number of hydrogen-bond acceptors (Lipinski definition) is 4. The summed E-state index contributed by atoms with van der Waals surface area (Å²) in [7, 11) is -3.92. The average molecular weight is 490 g/mol. The monoisotopic (exact) mass is 489 g/mol. The van der Waals surface area contributed by atoms with Crippen LogP contribution >= 0.6 is 0 Å². The standard InChI is InChI=1S/C26H23N3O5S/c30-25(28-15-14-20(16-28)27-26(31)32)19-10-12-21(13-11-19)35(33,34)29-17-23(18-6-2-1-3-7-18)22-8-4-5-9-24(22)29/h1-13,17,20,27H,14-16H2,(H,31,32). The van der Waals surface area contributed by atoms with Crippen molar-refractivity contribution in [3.05, 3.63) is 90.6 Å². The number of nitrogens with zero attached hydrogens (tertiary/aromatic N) is 2. The van der Waals surface area contributed by atoms with Crippen molar-refractivity contribution in [2.45, 2.75) is 17.4 Å². The fourth-order valence-electron chi connectivity index (χ4n) is 4.50. The summed E-state index contributed by atoms with van der Waals surface area (Å²) in [6.45, 7) is 0.713. The number of carbonyl (C=O) groups is 2. The second-order valence-corrected chi connectivity index (χ2v) is 10.3. The van der Waals surface area contributed by atoms with Crippen LogP contribution in [0, 0.1) is 0 Å². The van der Waals surface area contributed by atoms with Crippen molar-refractivity contribution in [3.8, 4) is 11.1 Å². The summed E-state index contributed by atoms with van der Waals surface area (Å²) in [4.78, 5) is 25.3. The Morgan fingerprint density at radius 1 is 0.914 bits per heavy atom. The number of carboxylic acid groups (broad SMARTS) is 1. The molecule has 1 unspecified atom stereocenters. The minimum absolute atomic E-state index is 0.0706. The summed E-state index contributed by atoms with van der Waals surface area (Å²) in [6, 6.07) is 22.5. The molecule has 1 aliphatic rings. The number of para-hydroxylation sites is 1. The van der Waals surface area contributed by atoms with Crippen LogP contribution in [0.25, 0.3) is 22.0 Å². The van der Waals surface area contributed by atoms with E-state index in [2.05, 4.69) is 5.32 Å². The zero-order valence-electron chi connectivity index (χ0n) is 18.7. The Morgan fingerprint density at radius 2 is 1.60 bits per heavy atom. The van der Waals surface area contributed by atoms with Crippen LogP contribution in [0.1, 0.15) is 16.8 Å². The molecule has 0 aliphatic carbocycles. The second-order valence-electron chi connectivity index (χ2n) is 8.44. The molecule has 2 N–H and O–H groups in total. The number of likely N-dealkylation sites (tertiary alicyclic amines) is 1. The highest BCUT2D eigenvalue weighted by molar-refractivity contribution is 7.90. The number of amides is 2. The maximum absolute atomic E-state index is 13.6. The van der Waals surface area contributed by atoms with Crippen LogP contribution < -0.4 is 5.32 Å². The molecule has 4 aromatic rings. The van der Waals surface area contributed by atoms with E-state index in [0.717, 1.165) is 16.5 Å². The van der Waals surface area contributed by atoms with Crippen LogP contribution in [-0.2, 0) is 10.0 Å². The van der Waals surface area contributed by atoms with E-state index in [1.165, 1.54) is 28.2 Å². The fraction of sp³-hybridized carbons (Fsp3) is 0.154. The molecule has 0 bridgehead atoms. The third-order valence-corrected chi connectivity index (χ3v) is 7.91. The quantitative estimate of drug-likeness (QED) is 0.440. The highest BCUT2D eigenvalue weighted by Gasteiger charge is 2.28. The third kappa shape index (κ3) is 4.26. The van der Waals surface area contributed by atoms with Gasteiger partial charge in [-0.2, -0.15) is 0 Å². The zero-order chi connectivity index (χ0) is 24.6. The van der Waals surface area contributed by atoms with E-state index >= 15 is 0 Å². The maximum atomic E-state index is 13.6. The molecule has 0 saturated carbocycles. The number of rotatable bonds is 5. The van der Waals surface area contributed by atoms with Crippen LogP contribution in [0.4, 0.5) is 4.79 Å². The Balaban J connectivity index is 1.44. The van der Waals surface area contributed by atoms with Crippen molar-refractivity contribution in [1.29, 1.82) is 0 Å². The number of hydrogen-bond donors (Lipinski definition) is 2. The van der Waals surface area contributed by atoms with Crippen molar-refractivity contribution in [3.63, 3.8) is 0 Å². The summed E-state index contributed by atoms with van der Waals surface area (Å²) in [5.74, 6) is -0.263. The molecular weight excluding hydrogens is 466 g/mol. The Kier molecular flexibility index (Phi) is 5.78. The number of nitrogens with one attached hydrogen (secondary N) is 1. The highest BCUT2D eigenvalue weighted by Crippen LogP contribution is 2.33. The van der Waals surface area contributed by atoms with Gasteiger partial charge in [0.25, 0.3) is 15.9 Å². The van der Waals surface area contributed by atoms with Crippen LogP contribution in [0.3, 0.4) is 0 Å². The van der Waals surface area contributed by atoms with Crippen LogP contribution in [-0.4, -0.2) is 53.5 Å². The van der Waals surface area contributed by atoms with E-state index in [0.29, 0.717) is 24.0 Å². The Bertz CT molecular complexity index is 1510. The first-order valence-corrected chi connectivity index (χ1v) is 12.6. The van der Waals surface area contributed by atoms with E-state index in [-0.39, 0.29) is 23.4 Å². The van der Waals surface area contributed by atoms with E-state index in [1.807, 2.05) is 42.5 Å². The van der Waals surface area contributed by atoms with E-state index in [1.54, 1.807) is 23.2 Å². The fourth-order valence-corrected chi connectivity index (χ4v) is 5.87. The van der Waals surface area contributed by atoms with Crippen LogP contribution in [0.5, 0.6) is 0 Å². The summed E-state index contributed by atoms with van der Waals surface area (Å²) in [5.41, 5.74) is 2.65. The lowest BCUT2D eigenvalue weighted by atomic mass is 10.1. The molecule has 1 aliphatic heterocycles. The summed E-state index contributed by atoms with van der Waals surface area (Å²) in [6.07, 6.45) is 1.05. The molecule has 8 nitrogen and oxygen atoms in total. The summed E-state index contributed by atoms with van der Waals surface area (Å²) < 4.78 is 28.4. The van der Waals surface area contributed by atoms with Gasteiger partial charge in [0.15, 0.2) is 0 Å². The van der Waals surface area contributed by atoms with E-state index < -0.39 is 16.1 Å². The molecular formula is C26H23N3O5S. The average Bonchev–Trinajstić information content (AvgIpc) is 3.49. The molecule has 1 fully saturated rings. The normalized spacial score (nSPS) is 15.9. The molecule has 1 aromatic heterocycles. The van der Waals surface area contributed by atoms with Gasteiger partial charge in [0.1, 0.15) is 0 Å². The minimum atomic E-state index is -3.92. The molecule has 1 saturated heterocycles. The van der Waals surface area contributed by atoms with Gasteiger partial charge in [-0.25, -0.2) is 17.2 Å². The molecule has 9 heteroatoms. The SMILES string of the molecule is O=C(O)NC1CCN(C(=O)c2ccc(S(=O)(=O)n3cc(-c4ccccc4)c4ccccc43)cc2)C1. The van der Waals surface area contributed by atoms with Gasteiger partial charge in [-0.3, -0.25) is 4.79 Å². The first kappa shape index (κ1) is 22.7. The largest absolute Gasteiger partial charge is 0.465 e. The predicted octanol–water partition coefficient (Wildman–Crippen LogP) is 4.03. The number of benzene rings is 3. The maximum Gasteiger partial charge on any atom is 0.404 e. The van der Waals surface area contributed by atoms with Crippen molar-refractivity contribution in [2.75, 3.05) is 13.1 Å². The number of fused-ring (bicyclic) bond motifs is 1. The van der Waals surface area contributed by atoms with Gasteiger partial charge < -0.3 is 15.3 Å². The van der Waals surface area contributed by atoms with Crippen molar-refractivity contribution in [1.82, 2.24) is 14.2 Å². The van der Waals surface area contributed by atoms with Gasteiger partial charge in [0.05, 0.1) is 16.5 Å². The zero-order valence-corrected chi connectivity index (χ0v) is 19.5. The summed E-state index contributed by atoms with van der Waals surface area (Å²) >= 11 is 0. The molecule has 1 atom stereocenters. The molecule has 2 amide bonds. The predicted molar refractivity (Wildman–Crippen MR) is 132 cm³/mol. The van der Waals surface area contributed by atoms with E-state index in [9.17, 15) is 18.0 Å². The van der Waals surface area contributed by atoms with Crippen molar-refractivity contribution >= 4 is 32.9 Å². The molecule has 178 valence electrons. The first-order chi connectivity index (χ1) is 16.8. The molecule has 3 aromatic carbocycles. The smallest absolute Gasteiger partial charge is 0.404 e. The van der Waals surface area contributed by atoms with Gasteiger partial charge in [0, 0.05) is 35.8 Å². The van der Waals surface area contributed by atoms with Gasteiger partial charge >= 0.3 is 6.09 Å². The van der Waals surface area contributed by atoms with E-state index in [4.69, 9.17) is 5.11 Å². The highest BCUT2D eigenvalue weighted by atomic mass is 32.2. The summed E-state index contributed by atoms with van der Waals surface area (Å²) in [5, 5.41) is 12.1. The third-order valence-electron chi connectivity index (χ3n) is 6.22. The lowest BCUT2D eigenvalue weighted by Gasteiger charge is -2.17. The molecule has 5 rings (SSSR count). The Hall–Kier alpha value is -4.11. The Labute approximate surface area is 202 Å². The Morgan fingerprint density at radius 3 is 2.31 bits per heavy atom. The lowest BCUT2D eigenvalue weighted by molar-refractivity contribution is 0.0788. The molecule has 35 heavy (non-hydrogen) atoms. The van der Waals surface area contributed by atoms with Crippen LogP contribution in [0.2, 0.25) is 0 Å². The molecule has 0 spiro atoms. The van der Waals surface area contributed by atoms with Gasteiger partial charge in [-0.15, -0.1) is 0 Å². The second kappa shape index (κ2) is 8.92. The van der Waals surface area contributed by atoms with Gasteiger partial charge in [-0.1, -0.05) is 48.5 Å². The topological polar surface area (TPSA) is 109 Å². The first-order valence-electron chi connectivity index (χ1n) is 11.1. The molecule has 2 heterocycles. The van der Waals surface area contributed by atoms with Crippen LogP contribution in [0.15, 0.2) is 90.0 Å². The van der Waals surface area contributed by atoms with Gasteiger partial charge in [0.2, 0.25) is 0 Å². The number of aromatic nitrogens is 1. The minimum Gasteiger partial charge on any atom is -0.465 e.